The van der Waals surface area contributed by atoms with Crippen molar-refractivity contribution < 1.29 is 4.79 Å². The van der Waals surface area contributed by atoms with Gasteiger partial charge in [-0.1, -0.05) is 30.3 Å². The summed E-state index contributed by atoms with van der Waals surface area (Å²) in [7, 11) is 0. The maximum Gasteiger partial charge on any atom is 0.230 e. The zero-order chi connectivity index (χ0) is 13.1. The third kappa shape index (κ3) is 3.49. The molecule has 0 saturated carbocycles. The Morgan fingerprint density at radius 3 is 2.41 bits per heavy atom. The molecule has 0 fully saturated rings. The van der Waals surface area contributed by atoms with Crippen LogP contribution in [0, 0.1) is 0 Å². The van der Waals surface area contributed by atoms with Crippen molar-refractivity contribution in [2.24, 2.45) is 0 Å². The van der Waals surface area contributed by atoms with E-state index in [1.165, 1.54) is 0 Å². The zero-order valence-electron chi connectivity index (χ0n) is 10.1. The molecule has 4 heteroatoms. The smallest absolute Gasteiger partial charge is 0.230 e. The number of amides is 1. The van der Waals surface area contributed by atoms with E-state index in [4.69, 9.17) is 17.3 Å². The van der Waals surface area contributed by atoms with E-state index in [0.29, 0.717) is 10.7 Å². The first-order valence-electron chi connectivity index (χ1n) is 5.31. The number of hydrogen-bond donors (Lipinski definition) is 2. The number of rotatable bonds is 4. The van der Waals surface area contributed by atoms with Gasteiger partial charge in [0.2, 0.25) is 5.91 Å². The molecular weight excluding hydrogens is 236 g/mol. The normalized spacial score (nSPS) is 11.0. The standard InChI is InChI=1S/C13H17ClN2O/c1-9(14)8-16-12(17)13(2,3)10-4-6-11(15)7-5-10/h4-7H,1,8,15H2,2-3H3,(H,16,17). The highest BCUT2D eigenvalue weighted by atomic mass is 35.5. The second-order valence-electron chi connectivity index (χ2n) is 4.45. The van der Waals surface area contributed by atoms with E-state index in [1.807, 2.05) is 26.0 Å². The molecular formula is C13H17ClN2O. The molecule has 0 radical (unpaired) electrons. The molecule has 1 rings (SSSR count). The van der Waals surface area contributed by atoms with Gasteiger partial charge in [0.1, 0.15) is 0 Å². The summed E-state index contributed by atoms with van der Waals surface area (Å²) >= 11 is 5.61. The molecule has 0 aliphatic rings. The topological polar surface area (TPSA) is 55.1 Å². The Kier molecular flexibility index (Phi) is 4.18. The maximum atomic E-state index is 12.0. The van der Waals surface area contributed by atoms with Gasteiger partial charge in [-0.05, 0) is 31.5 Å². The molecule has 0 aliphatic carbocycles. The van der Waals surface area contributed by atoms with Gasteiger partial charge in [0, 0.05) is 10.7 Å². The van der Waals surface area contributed by atoms with Gasteiger partial charge in [0.05, 0.1) is 12.0 Å². The lowest BCUT2D eigenvalue weighted by atomic mass is 9.83. The Morgan fingerprint density at radius 2 is 1.94 bits per heavy atom. The van der Waals surface area contributed by atoms with Crippen LogP contribution >= 0.6 is 11.6 Å². The molecule has 1 aromatic carbocycles. The van der Waals surface area contributed by atoms with E-state index >= 15 is 0 Å². The van der Waals surface area contributed by atoms with Crippen molar-refractivity contribution in [3.8, 4) is 0 Å². The lowest BCUT2D eigenvalue weighted by Crippen LogP contribution is -2.40. The Labute approximate surface area is 107 Å². The van der Waals surface area contributed by atoms with Gasteiger partial charge in [-0.25, -0.2) is 0 Å². The van der Waals surface area contributed by atoms with Crippen molar-refractivity contribution >= 4 is 23.2 Å². The second kappa shape index (κ2) is 5.23. The highest BCUT2D eigenvalue weighted by Crippen LogP contribution is 2.24. The van der Waals surface area contributed by atoms with E-state index in [-0.39, 0.29) is 12.5 Å². The lowest BCUT2D eigenvalue weighted by Gasteiger charge is -2.24. The largest absolute Gasteiger partial charge is 0.399 e. The monoisotopic (exact) mass is 252 g/mol. The molecule has 0 aromatic heterocycles. The van der Waals surface area contributed by atoms with Crippen molar-refractivity contribution in [2.75, 3.05) is 12.3 Å². The zero-order valence-corrected chi connectivity index (χ0v) is 10.8. The van der Waals surface area contributed by atoms with E-state index < -0.39 is 5.41 Å². The molecule has 17 heavy (non-hydrogen) atoms. The first-order valence-corrected chi connectivity index (χ1v) is 5.69. The third-order valence-corrected chi connectivity index (χ3v) is 2.77. The minimum Gasteiger partial charge on any atom is -0.399 e. The van der Waals surface area contributed by atoms with Crippen molar-refractivity contribution in [1.82, 2.24) is 5.32 Å². The molecule has 1 amide bonds. The molecule has 0 atom stereocenters. The molecule has 0 saturated heterocycles. The molecule has 0 heterocycles. The summed E-state index contributed by atoms with van der Waals surface area (Å²) in [6.07, 6.45) is 0. The van der Waals surface area contributed by atoms with Gasteiger partial charge >= 0.3 is 0 Å². The van der Waals surface area contributed by atoms with Crippen molar-refractivity contribution in [2.45, 2.75) is 19.3 Å². The minimum absolute atomic E-state index is 0.0935. The van der Waals surface area contributed by atoms with E-state index in [1.54, 1.807) is 12.1 Å². The fourth-order valence-corrected chi connectivity index (χ4v) is 1.49. The second-order valence-corrected chi connectivity index (χ2v) is 4.98. The maximum absolute atomic E-state index is 12.0. The summed E-state index contributed by atoms with van der Waals surface area (Å²) in [4.78, 5) is 12.0. The van der Waals surface area contributed by atoms with Gasteiger partial charge in [-0.2, -0.15) is 0 Å². The molecule has 0 aliphatic heterocycles. The predicted molar refractivity (Wildman–Crippen MR) is 71.9 cm³/mol. The summed E-state index contributed by atoms with van der Waals surface area (Å²) < 4.78 is 0. The molecule has 1 aromatic rings. The van der Waals surface area contributed by atoms with E-state index in [2.05, 4.69) is 11.9 Å². The predicted octanol–water partition coefficient (Wildman–Crippen LogP) is 2.42. The van der Waals surface area contributed by atoms with Crippen LogP contribution in [0.5, 0.6) is 0 Å². The van der Waals surface area contributed by atoms with Crippen LogP contribution < -0.4 is 11.1 Å². The highest BCUT2D eigenvalue weighted by Gasteiger charge is 2.29. The van der Waals surface area contributed by atoms with Gasteiger partial charge in [0.15, 0.2) is 0 Å². The van der Waals surface area contributed by atoms with E-state index in [9.17, 15) is 4.79 Å². The van der Waals surface area contributed by atoms with Crippen LogP contribution in [-0.4, -0.2) is 12.5 Å². The summed E-state index contributed by atoms with van der Waals surface area (Å²) in [6.45, 7) is 7.51. The number of nitrogens with one attached hydrogen (secondary N) is 1. The van der Waals surface area contributed by atoms with Gasteiger partial charge < -0.3 is 11.1 Å². The Balaban J connectivity index is 2.82. The van der Waals surface area contributed by atoms with Gasteiger partial charge in [0.25, 0.3) is 0 Å². The van der Waals surface area contributed by atoms with E-state index in [0.717, 1.165) is 5.56 Å². The number of carbonyl (C=O) groups excluding carboxylic acids is 1. The quantitative estimate of drug-likeness (QED) is 0.809. The highest BCUT2D eigenvalue weighted by molar-refractivity contribution is 6.29. The van der Waals surface area contributed by atoms with Crippen molar-refractivity contribution in [1.29, 1.82) is 0 Å². The number of benzene rings is 1. The number of anilines is 1. The molecule has 3 nitrogen and oxygen atoms in total. The summed E-state index contributed by atoms with van der Waals surface area (Å²) in [5, 5.41) is 3.14. The summed E-state index contributed by atoms with van der Waals surface area (Å²) in [6, 6.07) is 7.27. The van der Waals surface area contributed by atoms with Crippen molar-refractivity contribution in [3.63, 3.8) is 0 Å². The van der Waals surface area contributed by atoms with Crippen LogP contribution in [0.4, 0.5) is 5.69 Å². The third-order valence-electron chi connectivity index (χ3n) is 2.64. The number of nitrogen functional groups attached to an aromatic ring is 1. The molecule has 0 unspecified atom stereocenters. The minimum atomic E-state index is -0.625. The Hall–Kier alpha value is -1.48. The fraction of sp³-hybridized carbons (Fsp3) is 0.308. The number of halogens is 1. The molecule has 0 bridgehead atoms. The summed E-state index contributed by atoms with van der Waals surface area (Å²) in [5.74, 6) is -0.0935. The van der Waals surface area contributed by atoms with Gasteiger partial charge in [-0.15, -0.1) is 0 Å². The fourth-order valence-electron chi connectivity index (χ4n) is 1.43. The van der Waals surface area contributed by atoms with Crippen LogP contribution in [0.1, 0.15) is 19.4 Å². The Morgan fingerprint density at radius 1 is 1.41 bits per heavy atom. The van der Waals surface area contributed by atoms with Crippen LogP contribution in [0.15, 0.2) is 35.9 Å². The average molecular weight is 253 g/mol. The Bertz CT molecular complexity index is 424. The lowest BCUT2D eigenvalue weighted by molar-refractivity contribution is -0.125. The molecule has 3 N–H and O–H groups in total. The van der Waals surface area contributed by atoms with Crippen LogP contribution in [0.2, 0.25) is 0 Å². The first kappa shape index (κ1) is 13.6. The number of nitrogens with two attached hydrogens (primary N) is 1. The SMILES string of the molecule is C=C(Cl)CNC(=O)C(C)(C)c1ccc(N)cc1. The number of carbonyl (C=O) groups is 1. The molecule has 0 spiro atoms. The van der Waals surface area contributed by atoms with Crippen molar-refractivity contribution in [3.05, 3.63) is 41.4 Å². The first-order chi connectivity index (χ1) is 7.84. The van der Waals surface area contributed by atoms with Crippen LogP contribution in [0.3, 0.4) is 0 Å². The van der Waals surface area contributed by atoms with Crippen LogP contribution in [0.25, 0.3) is 0 Å². The summed E-state index contributed by atoms with van der Waals surface area (Å²) in [5.41, 5.74) is 6.58. The number of hydrogen-bond acceptors (Lipinski definition) is 2. The van der Waals surface area contributed by atoms with Gasteiger partial charge in [-0.3, -0.25) is 4.79 Å². The average Bonchev–Trinajstić information content (AvgIpc) is 2.26. The van der Waals surface area contributed by atoms with Crippen LogP contribution in [-0.2, 0) is 10.2 Å². The molecule has 92 valence electrons.